The van der Waals surface area contributed by atoms with Gasteiger partial charge in [-0.1, -0.05) is 6.08 Å². The number of carbonyl (C=O) groups is 1. The average molecular weight is 262 g/mol. The molecule has 7 heteroatoms. The predicted octanol–water partition coefficient (Wildman–Crippen LogP) is -2.11. The van der Waals surface area contributed by atoms with Crippen LogP contribution in [0.1, 0.15) is 21.2 Å². The van der Waals surface area contributed by atoms with Gasteiger partial charge in [0.1, 0.15) is 0 Å². The van der Waals surface area contributed by atoms with E-state index in [0.717, 1.165) is 0 Å². The second kappa shape index (κ2) is 8.86. The normalized spacial score (nSPS) is 11.8. The minimum absolute atomic E-state index is 0. The summed E-state index contributed by atoms with van der Waals surface area (Å²) in [5.41, 5.74) is 0.433. The van der Waals surface area contributed by atoms with Crippen LogP contribution in [0, 0.1) is 0 Å². The van der Waals surface area contributed by atoms with Gasteiger partial charge in [-0.15, -0.1) is 0 Å². The third-order valence-corrected chi connectivity index (χ3v) is 2.37. The Balaban J connectivity index is -0.000000845. The maximum absolute atomic E-state index is 10.8. The number of hydrogen-bond acceptors (Lipinski definition) is 4. The molecule has 0 saturated carbocycles. The molecule has 0 rings (SSSR count). The fourth-order valence-electron chi connectivity index (χ4n) is 0.829. The molecule has 0 radical (unpaired) electrons. The van der Waals surface area contributed by atoms with Crippen LogP contribution in [0.3, 0.4) is 0 Å². The second-order valence-corrected chi connectivity index (χ2v) is 4.38. The third kappa shape index (κ3) is 11.0. The van der Waals surface area contributed by atoms with E-state index in [4.69, 9.17) is 4.55 Å². The first-order valence-electron chi connectivity index (χ1n) is 4.07. The molecule has 0 aliphatic carbocycles. The van der Waals surface area contributed by atoms with Gasteiger partial charge in [0.05, 0.1) is 12.9 Å². The van der Waals surface area contributed by atoms with Gasteiger partial charge in [0.25, 0.3) is 10.1 Å². The minimum atomic E-state index is -3.89. The summed E-state index contributed by atoms with van der Waals surface area (Å²) in [6, 6.07) is 0. The van der Waals surface area contributed by atoms with Gasteiger partial charge in [0.15, 0.2) is 0 Å². The number of allylic oxidation sites excluding steroid dienone is 1. The predicted molar refractivity (Wildman–Crippen MR) is 52.5 cm³/mol. The average Bonchev–Trinajstić information content (AvgIpc) is 2.09. The van der Waals surface area contributed by atoms with Crippen molar-refractivity contribution in [3.63, 3.8) is 0 Å². The Kier molecular flexibility index (Phi) is 10.7. The molecular weight excluding hydrogens is 247 g/mol. The summed E-state index contributed by atoms with van der Waals surface area (Å²) < 4.78 is 33.5. The summed E-state index contributed by atoms with van der Waals surface area (Å²) in [5, 5.41) is 0. The Morgan fingerprint density at radius 2 is 2.07 bits per heavy atom. The van der Waals surface area contributed by atoms with Crippen LogP contribution < -0.4 is 51.4 Å². The summed E-state index contributed by atoms with van der Waals surface area (Å²) in [6.07, 6.45) is 2.28. The Morgan fingerprint density at radius 1 is 1.53 bits per heavy atom. The summed E-state index contributed by atoms with van der Waals surface area (Å²) >= 11 is 0. The monoisotopic (exact) mass is 262 g/mol. The SMILES string of the molecule is COC(=O)C(C)=CCCCS(=O)(=O)O.[H-].[K+]. The van der Waals surface area contributed by atoms with Crippen molar-refractivity contribution in [1.82, 2.24) is 0 Å². The molecule has 5 nitrogen and oxygen atoms in total. The zero-order chi connectivity index (χ0) is 11.2. The van der Waals surface area contributed by atoms with Gasteiger partial charge in [-0.05, 0) is 19.8 Å². The molecule has 0 aromatic heterocycles. The number of rotatable bonds is 5. The smallest absolute Gasteiger partial charge is 1.00 e. The summed E-state index contributed by atoms with van der Waals surface area (Å²) in [7, 11) is -2.62. The number of methoxy groups -OCH3 is 1. The van der Waals surface area contributed by atoms with E-state index in [1.165, 1.54) is 7.11 Å². The number of ether oxygens (including phenoxy) is 1. The van der Waals surface area contributed by atoms with Crippen LogP contribution in [0.25, 0.3) is 0 Å². The van der Waals surface area contributed by atoms with E-state index in [9.17, 15) is 13.2 Å². The van der Waals surface area contributed by atoms with Crippen molar-refractivity contribution in [2.45, 2.75) is 19.8 Å². The number of esters is 1. The van der Waals surface area contributed by atoms with E-state index < -0.39 is 16.1 Å². The Bertz CT molecular complexity index is 325. The van der Waals surface area contributed by atoms with Crippen LogP contribution >= 0.6 is 0 Å². The molecular formula is C8H15KO5S. The van der Waals surface area contributed by atoms with Crippen molar-refractivity contribution >= 4 is 16.1 Å². The van der Waals surface area contributed by atoms with E-state index >= 15 is 0 Å². The molecule has 0 aliphatic heterocycles. The van der Waals surface area contributed by atoms with Gasteiger partial charge < -0.3 is 6.16 Å². The first-order chi connectivity index (χ1) is 6.37. The molecule has 0 atom stereocenters. The molecule has 15 heavy (non-hydrogen) atoms. The quantitative estimate of drug-likeness (QED) is 0.202. The zero-order valence-corrected chi connectivity index (χ0v) is 13.1. The van der Waals surface area contributed by atoms with Gasteiger partial charge in [0, 0.05) is 5.57 Å². The molecule has 0 spiro atoms. The first kappa shape index (κ1) is 18.1. The van der Waals surface area contributed by atoms with Crippen LogP contribution in [0.5, 0.6) is 0 Å². The molecule has 0 amide bonds. The largest absolute Gasteiger partial charge is 1.00 e. The molecule has 0 fully saturated rings. The van der Waals surface area contributed by atoms with Crippen LogP contribution in [-0.2, 0) is 19.6 Å². The second-order valence-electron chi connectivity index (χ2n) is 2.81. The number of unbranched alkanes of at least 4 members (excludes halogenated alkanes) is 1. The summed E-state index contributed by atoms with van der Waals surface area (Å²) in [4.78, 5) is 10.8. The van der Waals surface area contributed by atoms with Crippen LogP contribution in [0.15, 0.2) is 11.6 Å². The van der Waals surface area contributed by atoms with E-state index in [1.807, 2.05) is 0 Å². The van der Waals surface area contributed by atoms with Crippen LogP contribution in [0.4, 0.5) is 0 Å². The first-order valence-corrected chi connectivity index (χ1v) is 5.68. The molecule has 1 N–H and O–H groups in total. The molecule has 0 unspecified atom stereocenters. The van der Waals surface area contributed by atoms with Gasteiger partial charge in [-0.2, -0.15) is 8.42 Å². The van der Waals surface area contributed by atoms with E-state index in [-0.39, 0.29) is 65.0 Å². The molecule has 0 aliphatic rings. The molecule has 0 aromatic carbocycles. The van der Waals surface area contributed by atoms with Crippen molar-refractivity contribution in [3.8, 4) is 0 Å². The van der Waals surface area contributed by atoms with Crippen LogP contribution in [-0.4, -0.2) is 31.8 Å². The Hall–Kier alpha value is 0.756. The summed E-state index contributed by atoms with van der Waals surface area (Å²) in [5.74, 6) is -0.727. The Morgan fingerprint density at radius 3 is 2.47 bits per heavy atom. The van der Waals surface area contributed by atoms with E-state index in [2.05, 4.69) is 4.74 Å². The van der Waals surface area contributed by atoms with Crippen molar-refractivity contribution in [2.75, 3.05) is 12.9 Å². The van der Waals surface area contributed by atoms with Gasteiger partial charge >= 0.3 is 57.4 Å². The van der Waals surface area contributed by atoms with Gasteiger partial charge in [0.2, 0.25) is 0 Å². The number of carbonyl (C=O) groups excluding carboxylic acids is 1. The van der Waals surface area contributed by atoms with Crippen molar-refractivity contribution in [1.29, 1.82) is 0 Å². The number of hydrogen-bond donors (Lipinski definition) is 1. The molecule has 0 bridgehead atoms. The standard InChI is InChI=1S/C8H14O5S.K.H/c1-7(8(9)13-2)5-3-4-6-14(10,11)12;;/h5H,3-4,6H2,1-2H3,(H,10,11,12);;/q;+1;-1. The molecule has 0 saturated heterocycles. The van der Waals surface area contributed by atoms with E-state index in [0.29, 0.717) is 12.0 Å². The maximum atomic E-state index is 10.8. The molecule has 0 heterocycles. The van der Waals surface area contributed by atoms with Gasteiger partial charge in [-0.3, -0.25) is 4.55 Å². The zero-order valence-electron chi connectivity index (χ0n) is 10.2. The van der Waals surface area contributed by atoms with Gasteiger partial charge in [-0.25, -0.2) is 4.79 Å². The van der Waals surface area contributed by atoms with Crippen LogP contribution in [0.2, 0.25) is 0 Å². The minimum Gasteiger partial charge on any atom is -1.00 e. The fraction of sp³-hybridized carbons (Fsp3) is 0.625. The van der Waals surface area contributed by atoms with Crippen molar-refractivity contribution in [3.05, 3.63) is 11.6 Å². The Labute approximate surface area is 134 Å². The van der Waals surface area contributed by atoms with Crippen molar-refractivity contribution in [2.24, 2.45) is 0 Å². The molecule has 0 aromatic rings. The van der Waals surface area contributed by atoms with E-state index in [1.54, 1.807) is 13.0 Å². The summed E-state index contributed by atoms with van der Waals surface area (Å²) in [6.45, 7) is 1.58. The van der Waals surface area contributed by atoms with Crippen molar-refractivity contribution < 1.29 is 75.3 Å². The topological polar surface area (TPSA) is 80.7 Å². The third-order valence-electron chi connectivity index (χ3n) is 1.56. The molecule has 84 valence electrons. The maximum Gasteiger partial charge on any atom is 1.00 e. The fourth-order valence-corrected chi connectivity index (χ4v) is 1.36.